The van der Waals surface area contributed by atoms with Crippen molar-refractivity contribution in [1.29, 1.82) is 0 Å². The van der Waals surface area contributed by atoms with Gasteiger partial charge >= 0.3 is 0 Å². The first kappa shape index (κ1) is 11.4. The molecule has 0 saturated heterocycles. The summed E-state index contributed by atoms with van der Waals surface area (Å²) >= 11 is 3.40. The third-order valence-electron chi connectivity index (χ3n) is 1.82. The van der Waals surface area contributed by atoms with E-state index < -0.39 is 0 Å². The van der Waals surface area contributed by atoms with Crippen molar-refractivity contribution in [3.8, 4) is 0 Å². The van der Waals surface area contributed by atoms with E-state index in [2.05, 4.69) is 22.9 Å². The molecule has 0 radical (unpaired) electrons. The Morgan fingerprint density at radius 1 is 1.18 bits per heavy atom. The van der Waals surface area contributed by atoms with E-state index in [1.54, 1.807) is 0 Å². The molecule has 1 atom stereocenters. The van der Waals surface area contributed by atoms with Crippen molar-refractivity contribution < 1.29 is 5.11 Å². The van der Waals surface area contributed by atoms with Gasteiger partial charge in [0.15, 0.2) is 0 Å². The van der Waals surface area contributed by atoms with Gasteiger partial charge in [0.05, 0.1) is 6.61 Å². The minimum atomic E-state index is 0.272. The van der Waals surface area contributed by atoms with E-state index in [1.165, 1.54) is 32.1 Å². The lowest BCUT2D eigenvalue weighted by Gasteiger charge is -2.04. The summed E-state index contributed by atoms with van der Waals surface area (Å²) in [6.07, 6.45) is 7.68. The molecule has 2 heteroatoms. The van der Waals surface area contributed by atoms with Crippen LogP contribution in [-0.4, -0.2) is 16.5 Å². The molecule has 0 spiro atoms. The maximum absolute atomic E-state index is 8.69. The Kier molecular flexibility index (Phi) is 8.88. The first-order chi connectivity index (χ1) is 5.31. The lowest BCUT2D eigenvalue weighted by Crippen LogP contribution is -2.02. The van der Waals surface area contributed by atoms with Gasteiger partial charge in [0.25, 0.3) is 0 Å². The Labute approximate surface area is 78.3 Å². The van der Waals surface area contributed by atoms with Gasteiger partial charge in [0.1, 0.15) is 0 Å². The van der Waals surface area contributed by atoms with Gasteiger partial charge in [-0.1, -0.05) is 55.0 Å². The Bertz CT molecular complexity index is 76.0. The van der Waals surface area contributed by atoms with Gasteiger partial charge < -0.3 is 5.11 Å². The number of hydrogen-bond acceptors (Lipinski definition) is 1. The zero-order chi connectivity index (χ0) is 8.53. The lowest BCUT2D eigenvalue weighted by molar-refractivity contribution is 0.290. The van der Waals surface area contributed by atoms with Crippen molar-refractivity contribution in [1.82, 2.24) is 0 Å². The van der Waals surface area contributed by atoms with Crippen molar-refractivity contribution in [2.75, 3.05) is 6.61 Å². The van der Waals surface area contributed by atoms with E-state index in [0.29, 0.717) is 4.83 Å². The smallest absolute Gasteiger partial charge is 0.0556 e. The molecule has 0 heterocycles. The largest absolute Gasteiger partial charge is 0.395 e. The average molecular weight is 223 g/mol. The highest BCUT2D eigenvalue weighted by Crippen LogP contribution is 2.11. The summed E-state index contributed by atoms with van der Waals surface area (Å²) in [6.45, 7) is 2.49. The molecular formula is C9H19BrO. The molecule has 0 saturated carbocycles. The molecule has 0 unspecified atom stereocenters. The Hall–Kier alpha value is 0.440. The topological polar surface area (TPSA) is 20.2 Å². The van der Waals surface area contributed by atoms with Crippen LogP contribution >= 0.6 is 15.9 Å². The Morgan fingerprint density at radius 2 is 1.82 bits per heavy atom. The van der Waals surface area contributed by atoms with E-state index in [9.17, 15) is 0 Å². The van der Waals surface area contributed by atoms with Crippen molar-refractivity contribution in [3.05, 3.63) is 0 Å². The maximum Gasteiger partial charge on any atom is 0.0556 e. The number of aliphatic hydroxyl groups is 1. The fraction of sp³-hybridized carbons (Fsp3) is 1.00. The van der Waals surface area contributed by atoms with Crippen LogP contribution in [0.3, 0.4) is 0 Å². The van der Waals surface area contributed by atoms with Gasteiger partial charge in [-0.05, 0) is 6.42 Å². The summed E-state index contributed by atoms with van der Waals surface area (Å²) in [5.74, 6) is 0. The van der Waals surface area contributed by atoms with E-state index in [-0.39, 0.29) is 6.61 Å². The number of hydrogen-bond donors (Lipinski definition) is 1. The second kappa shape index (κ2) is 8.54. The van der Waals surface area contributed by atoms with E-state index in [1.807, 2.05) is 0 Å². The molecule has 0 bridgehead atoms. The molecule has 0 aromatic carbocycles. The lowest BCUT2D eigenvalue weighted by atomic mass is 10.1. The van der Waals surface area contributed by atoms with Crippen LogP contribution in [0.25, 0.3) is 0 Å². The molecule has 0 aliphatic heterocycles. The van der Waals surface area contributed by atoms with Crippen LogP contribution in [0.2, 0.25) is 0 Å². The number of aliphatic hydroxyl groups excluding tert-OH is 1. The van der Waals surface area contributed by atoms with Gasteiger partial charge in [-0.3, -0.25) is 0 Å². The second-order valence-corrected chi connectivity index (χ2v) is 4.28. The zero-order valence-electron chi connectivity index (χ0n) is 7.35. The maximum atomic E-state index is 8.69. The van der Waals surface area contributed by atoms with Gasteiger partial charge in [-0.25, -0.2) is 0 Å². The van der Waals surface area contributed by atoms with E-state index in [4.69, 9.17) is 5.11 Å². The third kappa shape index (κ3) is 8.35. The molecule has 0 fully saturated rings. The summed E-state index contributed by atoms with van der Waals surface area (Å²) in [7, 11) is 0. The molecular weight excluding hydrogens is 204 g/mol. The molecule has 11 heavy (non-hydrogen) atoms. The van der Waals surface area contributed by atoms with Crippen LogP contribution in [0, 0.1) is 0 Å². The molecule has 0 amide bonds. The van der Waals surface area contributed by atoms with Crippen LogP contribution in [0.5, 0.6) is 0 Å². The van der Waals surface area contributed by atoms with E-state index >= 15 is 0 Å². The monoisotopic (exact) mass is 222 g/mol. The highest BCUT2D eigenvalue weighted by Gasteiger charge is 1.99. The molecule has 1 N–H and O–H groups in total. The minimum absolute atomic E-state index is 0.272. The SMILES string of the molecule is CCCCCCC[C@H](Br)CO. The third-order valence-corrected chi connectivity index (χ3v) is 2.57. The first-order valence-electron chi connectivity index (χ1n) is 4.56. The van der Waals surface area contributed by atoms with Gasteiger partial charge in [-0.2, -0.15) is 0 Å². The summed E-state index contributed by atoms with van der Waals surface area (Å²) in [6, 6.07) is 0. The predicted molar refractivity (Wildman–Crippen MR) is 53.2 cm³/mol. The van der Waals surface area contributed by atoms with Gasteiger partial charge in [0.2, 0.25) is 0 Å². The Balaban J connectivity index is 2.89. The van der Waals surface area contributed by atoms with Crippen LogP contribution < -0.4 is 0 Å². The Morgan fingerprint density at radius 3 is 2.36 bits per heavy atom. The highest BCUT2D eigenvalue weighted by molar-refractivity contribution is 9.09. The standard InChI is InChI=1S/C9H19BrO/c1-2-3-4-5-6-7-9(10)8-11/h9,11H,2-8H2,1H3/t9-/m0/s1. The number of halogens is 1. The van der Waals surface area contributed by atoms with Crippen LogP contribution in [0.1, 0.15) is 45.4 Å². The summed E-state index contributed by atoms with van der Waals surface area (Å²) < 4.78 is 0. The minimum Gasteiger partial charge on any atom is -0.395 e. The number of rotatable bonds is 7. The van der Waals surface area contributed by atoms with Gasteiger partial charge in [0, 0.05) is 4.83 Å². The van der Waals surface area contributed by atoms with Crippen molar-refractivity contribution in [3.63, 3.8) is 0 Å². The second-order valence-electron chi connectivity index (χ2n) is 2.98. The molecule has 0 aliphatic rings. The molecule has 68 valence electrons. The average Bonchev–Trinajstić information content (AvgIpc) is 2.04. The molecule has 0 aliphatic carbocycles. The van der Waals surface area contributed by atoms with Gasteiger partial charge in [-0.15, -0.1) is 0 Å². The predicted octanol–water partition coefficient (Wildman–Crippen LogP) is 3.10. The van der Waals surface area contributed by atoms with Crippen LogP contribution in [0.4, 0.5) is 0 Å². The fourth-order valence-corrected chi connectivity index (χ4v) is 1.38. The molecule has 1 nitrogen and oxygen atoms in total. The molecule has 0 rings (SSSR count). The summed E-state index contributed by atoms with van der Waals surface area (Å²) in [4.78, 5) is 0.323. The van der Waals surface area contributed by atoms with E-state index in [0.717, 1.165) is 6.42 Å². The first-order valence-corrected chi connectivity index (χ1v) is 5.47. The number of alkyl halides is 1. The van der Waals surface area contributed by atoms with Crippen LogP contribution in [-0.2, 0) is 0 Å². The summed E-state index contributed by atoms with van der Waals surface area (Å²) in [5.41, 5.74) is 0. The zero-order valence-corrected chi connectivity index (χ0v) is 8.94. The summed E-state index contributed by atoms with van der Waals surface area (Å²) in [5, 5.41) is 8.69. The molecule has 0 aromatic heterocycles. The number of unbranched alkanes of at least 4 members (excludes halogenated alkanes) is 4. The van der Waals surface area contributed by atoms with Crippen molar-refractivity contribution >= 4 is 15.9 Å². The fourth-order valence-electron chi connectivity index (χ4n) is 1.06. The highest BCUT2D eigenvalue weighted by atomic mass is 79.9. The van der Waals surface area contributed by atoms with Crippen molar-refractivity contribution in [2.45, 2.75) is 50.3 Å². The quantitative estimate of drug-likeness (QED) is 0.519. The van der Waals surface area contributed by atoms with Crippen LogP contribution in [0.15, 0.2) is 0 Å². The normalized spacial score (nSPS) is 13.4. The van der Waals surface area contributed by atoms with Crippen molar-refractivity contribution in [2.24, 2.45) is 0 Å². The molecule has 0 aromatic rings.